The minimum atomic E-state index is -0.369. The van der Waals surface area contributed by atoms with Gasteiger partial charge in [0.15, 0.2) is 0 Å². The quantitative estimate of drug-likeness (QED) is 0.669. The average Bonchev–Trinajstić information content (AvgIpc) is 3.08. The summed E-state index contributed by atoms with van der Waals surface area (Å²) in [6.45, 7) is 6.14. The molecule has 0 aromatic heterocycles. The molecule has 0 saturated carbocycles. The van der Waals surface area contributed by atoms with Crippen LogP contribution < -0.4 is 14.4 Å². The number of hydrogen-bond acceptors (Lipinski definition) is 6. The maximum absolute atomic E-state index is 13.7. The number of ether oxygens (including phenoxy) is 2. The summed E-state index contributed by atoms with van der Waals surface area (Å²) in [7, 11) is 3.10. The molecule has 31 heavy (non-hydrogen) atoms. The summed E-state index contributed by atoms with van der Waals surface area (Å²) in [6.07, 6.45) is 0. The molecule has 0 bridgehead atoms. The first-order valence-electron chi connectivity index (χ1n) is 10.5. The molecule has 0 radical (unpaired) electrons. The van der Waals surface area contributed by atoms with Crippen molar-refractivity contribution >= 4 is 23.1 Å². The lowest BCUT2D eigenvalue weighted by molar-refractivity contribution is -0.120. The van der Waals surface area contributed by atoms with E-state index in [4.69, 9.17) is 9.47 Å². The molecule has 0 spiro atoms. The van der Waals surface area contributed by atoms with E-state index in [1.165, 1.54) is 12.0 Å². The second-order valence-corrected chi connectivity index (χ2v) is 7.46. The number of rotatable bonds is 6. The second kappa shape index (κ2) is 8.81. The van der Waals surface area contributed by atoms with Crippen LogP contribution in [0, 0.1) is 0 Å². The highest BCUT2D eigenvalue weighted by atomic mass is 16.5. The van der Waals surface area contributed by atoms with Crippen molar-refractivity contribution in [1.82, 2.24) is 9.80 Å². The lowest BCUT2D eigenvalue weighted by Crippen LogP contribution is -2.47. The molecule has 2 heterocycles. The summed E-state index contributed by atoms with van der Waals surface area (Å²) in [5, 5.41) is 0. The zero-order chi connectivity index (χ0) is 22.0. The van der Waals surface area contributed by atoms with Crippen LogP contribution in [0.4, 0.5) is 5.69 Å². The third-order valence-corrected chi connectivity index (χ3v) is 5.90. The van der Waals surface area contributed by atoms with Gasteiger partial charge < -0.3 is 19.3 Å². The van der Waals surface area contributed by atoms with E-state index in [-0.39, 0.29) is 11.8 Å². The van der Waals surface area contributed by atoms with Gasteiger partial charge in [-0.15, -0.1) is 0 Å². The SMILES string of the molecule is CCN1CCN(C2=C(c3ccccc3OC)C(=O)N(c3ccccc3OC)C2=O)CC1. The Kier molecular flexibility index (Phi) is 5.95. The van der Waals surface area contributed by atoms with Gasteiger partial charge in [-0.05, 0) is 24.7 Å². The molecule has 2 aliphatic rings. The van der Waals surface area contributed by atoms with Crippen LogP contribution in [-0.4, -0.2) is 68.6 Å². The Morgan fingerprint density at radius 2 is 1.42 bits per heavy atom. The van der Waals surface area contributed by atoms with Crippen molar-refractivity contribution in [2.75, 3.05) is 51.8 Å². The van der Waals surface area contributed by atoms with Gasteiger partial charge in [0.2, 0.25) is 0 Å². The molecule has 2 aromatic carbocycles. The van der Waals surface area contributed by atoms with E-state index in [0.29, 0.717) is 47.1 Å². The topological polar surface area (TPSA) is 62.3 Å². The molecule has 2 aliphatic heterocycles. The molecule has 7 nitrogen and oxygen atoms in total. The summed E-state index contributed by atoms with van der Waals surface area (Å²) in [4.78, 5) is 33.0. The number of hydrogen-bond donors (Lipinski definition) is 0. The first-order chi connectivity index (χ1) is 15.1. The number of nitrogens with zero attached hydrogens (tertiary/aromatic N) is 3. The number of carbonyl (C=O) groups is 2. The number of para-hydroxylation sites is 3. The summed E-state index contributed by atoms with van der Waals surface area (Å²) in [5.41, 5.74) is 1.86. The Bertz CT molecular complexity index is 1020. The van der Waals surface area contributed by atoms with Crippen LogP contribution in [-0.2, 0) is 9.59 Å². The highest BCUT2D eigenvalue weighted by Crippen LogP contribution is 2.40. The summed E-state index contributed by atoms with van der Waals surface area (Å²) in [6, 6.07) is 14.4. The maximum Gasteiger partial charge on any atom is 0.282 e. The van der Waals surface area contributed by atoms with E-state index >= 15 is 0 Å². The van der Waals surface area contributed by atoms with Crippen LogP contribution >= 0.6 is 0 Å². The molecule has 0 unspecified atom stereocenters. The highest BCUT2D eigenvalue weighted by Gasteiger charge is 2.44. The van der Waals surface area contributed by atoms with Crippen LogP contribution in [0.15, 0.2) is 54.2 Å². The van der Waals surface area contributed by atoms with Crippen LogP contribution in [0.2, 0.25) is 0 Å². The molecule has 4 rings (SSSR count). The zero-order valence-electron chi connectivity index (χ0n) is 18.1. The van der Waals surface area contributed by atoms with Crippen molar-refractivity contribution in [3.63, 3.8) is 0 Å². The van der Waals surface area contributed by atoms with E-state index < -0.39 is 0 Å². The molecule has 162 valence electrons. The van der Waals surface area contributed by atoms with Gasteiger partial charge in [-0.3, -0.25) is 9.59 Å². The van der Waals surface area contributed by atoms with Crippen molar-refractivity contribution in [1.29, 1.82) is 0 Å². The van der Waals surface area contributed by atoms with Gasteiger partial charge >= 0.3 is 0 Å². The van der Waals surface area contributed by atoms with Crippen molar-refractivity contribution in [3.05, 3.63) is 59.8 Å². The highest BCUT2D eigenvalue weighted by molar-refractivity contribution is 6.46. The molecule has 2 amide bonds. The lowest BCUT2D eigenvalue weighted by atomic mass is 10.0. The fraction of sp³-hybridized carbons (Fsp3) is 0.333. The molecular formula is C24H27N3O4. The van der Waals surface area contributed by atoms with Crippen molar-refractivity contribution in [3.8, 4) is 11.5 Å². The van der Waals surface area contributed by atoms with Crippen molar-refractivity contribution < 1.29 is 19.1 Å². The molecular weight excluding hydrogens is 394 g/mol. The number of benzene rings is 2. The van der Waals surface area contributed by atoms with Gasteiger partial charge in [-0.1, -0.05) is 37.3 Å². The monoisotopic (exact) mass is 421 g/mol. The molecule has 0 N–H and O–H groups in total. The van der Waals surface area contributed by atoms with Crippen LogP contribution in [0.3, 0.4) is 0 Å². The number of imide groups is 1. The molecule has 1 saturated heterocycles. The normalized spacial score (nSPS) is 17.5. The Labute approximate surface area is 182 Å². The van der Waals surface area contributed by atoms with E-state index in [0.717, 1.165) is 19.6 Å². The Morgan fingerprint density at radius 3 is 2.06 bits per heavy atom. The predicted octanol–water partition coefficient (Wildman–Crippen LogP) is 2.63. The van der Waals surface area contributed by atoms with E-state index in [1.807, 2.05) is 29.2 Å². The van der Waals surface area contributed by atoms with Gasteiger partial charge in [0, 0.05) is 31.7 Å². The van der Waals surface area contributed by atoms with E-state index in [9.17, 15) is 9.59 Å². The van der Waals surface area contributed by atoms with Gasteiger partial charge in [0.25, 0.3) is 11.8 Å². The Balaban J connectivity index is 1.84. The van der Waals surface area contributed by atoms with Crippen molar-refractivity contribution in [2.45, 2.75) is 6.92 Å². The molecule has 1 fully saturated rings. The predicted molar refractivity (Wildman–Crippen MR) is 119 cm³/mol. The Hall–Kier alpha value is -3.32. The molecule has 0 atom stereocenters. The van der Waals surface area contributed by atoms with Gasteiger partial charge in [0.05, 0.1) is 25.5 Å². The largest absolute Gasteiger partial charge is 0.496 e. The van der Waals surface area contributed by atoms with Gasteiger partial charge in [-0.25, -0.2) is 4.90 Å². The lowest BCUT2D eigenvalue weighted by Gasteiger charge is -2.36. The Morgan fingerprint density at radius 1 is 0.806 bits per heavy atom. The van der Waals surface area contributed by atoms with Crippen LogP contribution in [0.5, 0.6) is 11.5 Å². The summed E-state index contributed by atoms with van der Waals surface area (Å²) >= 11 is 0. The number of carbonyl (C=O) groups excluding carboxylic acids is 2. The third-order valence-electron chi connectivity index (χ3n) is 5.90. The minimum absolute atomic E-state index is 0.333. The summed E-state index contributed by atoms with van der Waals surface area (Å²) < 4.78 is 11.0. The maximum atomic E-state index is 13.7. The standard InChI is InChI=1S/C24H27N3O4/c1-4-25-13-15-26(16-14-25)22-21(17-9-5-7-11-19(17)30-2)23(28)27(24(22)29)18-10-6-8-12-20(18)31-3/h5-12H,4,13-16H2,1-3H3. The number of methoxy groups -OCH3 is 2. The number of amides is 2. The first-order valence-corrected chi connectivity index (χ1v) is 10.5. The third kappa shape index (κ3) is 3.65. The fourth-order valence-corrected chi connectivity index (χ4v) is 4.23. The average molecular weight is 421 g/mol. The van der Waals surface area contributed by atoms with Gasteiger partial charge in [0.1, 0.15) is 17.2 Å². The minimum Gasteiger partial charge on any atom is -0.496 e. The first kappa shape index (κ1) is 20.9. The van der Waals surface area contributed by atoms with Crippen molar-refractivity contribution in [2.24, 2.45) is 0 Å². The van der Waals surface area contributed by atoms with Crippen LogP contribution in [0.25, 0.3) is 5.57 Å². The fourth-order valence-electron chi connectivity index (χ4n) is 4.23. The molecule has 2 aromatic rings. The zero-order valence-corrected chi connectivity index (χ0v) is 18.1. The smallest absolute Gasteiger partial charge is 0.282 e. The number of piperazine rings is 1. The van der Waals surface area contributed by atoms with Gasteiger partial charge in [-0.2, -0.15) is 0 Å². The number of anilines is 1. The molecule has 0 aliphatic carbocycles. The van der Waals surface area contributed by atoms with Crippen LogP contribution in [0.1, 0.15) is 12.5 Å². The molecule has 7 heteroatoms. The van der Waals surface area contributed by atoms with E-state index in [1.54, 1.807) is 31.4 Å². The number of likely N-dealkylation sites (N-methyl/N-ethyl adjacent to an activating group) is 1. The van der Waals surface area contributed by atoms with E-state index in [2.05, 4.69) is 11.8 Å². The summed E-state index contributed by atoms with van der Waals surface area (Å²) in [5.74, 6) is 0.332. The second-order valence-electron chi connectivity index (χ2n) is 7.46.